The third-order valence-corrected chi connectivity index (χ3v) is 5.83. The maximum Gasteiger partial charge on any atom is 0.176 e. The Morgan fingerprint density at radius 1 is 1.00 bits per heavy atom. The Morgan fingerprint density at radius 2 is 1.64 bits per heavy atom. The molecule has 0 bridgehead atoms. The standard InChI is InChI=1S/C18H35N3O12/c1-5-11(26)16(33-17-9(20)14(29)13(28)8(4-24)31-17)10(21)18(30-5)32-15(6(19)2-22)12(27)7(25)3-23/h2,5-18,23-29H,3-4,19-21H2,1H3/t5-,6-,7+,8+,9-,10-,11+,12-,13+,14+,15+,16-,17-,18-/m0/s1. The predicted molar refractivity (Wildman–Crippen MR) is 107 cm³/mol. The quantitative estimate of drug-likeness (QED) is 0.129. The van der Waals surface area contributed by atoms with Crippen LogP contribution in [0, 0.1) is 0 Å². The number of nitrogens with two attached hydrogens (primary N) is 3. The van der Waals surface area contributed by atoms with Crippen LogP contribution in [0.25, 0.3) is 0 Å². The molecule has 0 saturated carbocycles. The largest absolute Gasteiger partial charge is 0.394 e. The van der Waals surface area contributed by atoms with Gasteiger partial charge in [0.1, 0.15) is 55.1 Å². The van der Waals surface area contributed by atoms with Crippen molar-refractivity contribution in [1.82, 2.24) is 0 Å². The predicted octanol–water partition coefficient (Wildman–Crippen LogP) is -6.80. The second-order valence-electron chi connectivity index (χ2n) is 8.22. The highest BCUT2D eigenvalue weighted by Crippen LogP contribution is 2.29. The number of ether oxygens (including phenoxy) is 4. The number of aldehydes is 1. The van der Waals surface area contributed by atoms with E-state index < -0.39 is 98.9 Å². The number of hydrogen-bond donors (Lipinski definition) is 10. The van der Waals surface area contributed by atoms with Gasteiger partial charge in [0.2, 0.25) is 0 Å². The lowest BCUT2D eigenvalue weighted by molar-refractivity contribution is -0.328. The third-order valence-electron chi connectivity index (χ3n) is 5.83. The van der Waals surface area contributed by atoms with Crippen LogP contribution < -0.4 is 17.2 Å². The average molecular weight is 485 g/mol. The van der Waals surface area contributed by atoms with Gasteiger partial charge in [0.25, 0.3) is 0 Å². The summed E-state index contributed by atoms with van der Waals surface area (Å²) in [7, 11) is 0. The van der Waals surface area contributed by atoms with E-state index in [1.54, 1.807) is 0 Å². The molecular weight excluding hydrogens is 450 g/mol. The fourth-order valence-electron chi connectivity index (χ4n) is 3.67. The molecule has 14 atom stereocenters. The molecule has 0 radical (unpaired) electrons. The fraction of sp³-hybridized carbons (Fsp3) is 0.944. The molecular formula is C18H35N3O12. The molecule has 33 heavy (non-hydrogen) atoms. The Kier molecular flexibility index (Phi) is 10.5. The van der Waals surface area contributed by atoms with E-state index in [2.05, 4.69) is 0 Å². The summed E-state index contributed by atoms with van der Waals surface area (Å²) in [6.07, 6.45) is -15.4. The van der Waals surface area contributed by atoms with Crippen LogP contribution in [0.3, 0.4) is 0 Å². The first-order chi connectivity index (χ1) is 15.5. The molecule has 0 aromatic carbocycles. The Balaban J connectivity index is 2.21. The van der Waals surface area contributed by atoms with E-state index in [0.29, 0.717) is 0 Å². The first-order valence-electron chi connectivity index (χ1n) is 10.4. The number of carbonyl (C=O) groups excluding carboxylic acids is 1. The highest BCUT2D eigenvalue weighted by atomic mass is 16.7. The number of aliphatic hydroxyl groups excluding tert-OH is 7. The lowest BCUT2D eigenvalue weighted by Crippen LogP contribution is -2.68. The first kappa shape index (κ1) is 28.3. The molecule has 0 aliphatic carbocycles. The Labute approximate surface area is 189 Å². The molecule has 2 heterocycles. The van der Waals surface area contributed by atoms with E-state index >= 15 is 0 Å². The zero-order chi connectivity index (χ0) is 25.0. The van der Waals surface area contributed by atoms with E-state index in [1.165, 1.54) is 6.92 Å². The van der Waals surface area contributed by atoms with Crippen LogP contribution in [0.15, 0.2) is 0 Å². The molecule has 2 rings (SSSR count). The van der Waals surface area contributed by atoms with Gasteiger partial charge in [0.05, 0.1) is 37.4 Å². The SMILES string of the molecule is C[C@@H]1O[C@@H](O[C@@H]([C@@H](O)[C@H](O)CO)[C@@H](N)C=O)[C@@H](N)[C@H](O[C@@H]2O[C@H](CO)[C@@H](O)[C@H](O)[C@@H]2N)[C@@H]1O. The van der Waals surface area contributed by atoms with Crippen LogP contribution in [-0.4, -0.2) is 141 Å². The van der Waals surface area contributed by atoms with Gasteiger partial charge in [0, 0.05) is 0 Å². The molecule has 0 aromatic heterocycles. The van der Waals surface area contributed by atoms with Crippen LogP contribution in [-0.2, 0) is 23.7 Å². The van der Waals surface area contributed by atoms with Gasteiger partial charge in [0.15, 0.2) is 12.6 Å². The van der Waals surface area contributed by atoms with Gasteiger partial charge in [-0.25, -0.2) is 0 Å². The van der Waals surface area contributed by atoms with Gasteiger partial charge in [-0.3, -0.25) is 0 Å². The molecule has 0 unspecified atom stereocenters. The monoisotopic (exact) mass is 485 g/mol. The highest BCUT2D eigenvalue weighted by molar-refractivity contribution is 5.58. The van der Waals surface area contributed by atoms with Crippen molar-refractivity contribution < 1.29 is 59.5 Å². The molecule has 15 nitrogen and oxygen atoms in total. The van der Waals surface area contributed by atoms with Gasteiger partial charge in [-0.2, -0.15) is 0 Å². The van der Waals surface area contributed by atoms with Crippen molar-refractivity contribution in [2.24, 2.45) is 17.2 Å². The number of rotatable bonds is 10. The van der Waals surface area contributed by atoms with E-state index in [4.69, 9.17) is 41.3 Å². The third kappa shape index (κ3) is 6.22. The summed E-state index contributed by atoms with van der Waals surface area (Å²) in [6.45, 7) is -0.0402. The van der Waals surface area contributed by atoms with Crippen LogP contribution >= 0.6 is 0 Å². The zero-order valence-corrected chi connectivity index (χ0v) is 18.0. The van der Waals surface area contributed by atoms with Gasteiger partial charge in [-0.15, -0.1) is 0 Å². The Bertz CT molecular complexity index is 618. The summed E-state index contributed by atoms with van der Waals surface area (Å²) >= 11 is 0. The van der Waals surface area contributed by atoms with Crippen molar-refractivity contribution in [3.8, 4) is 0 Å². The summed E-state index contributed by atoms with van der Waals surface area (Å²) in [5, 5.41) is 69.0. The van der Waals surface area contributed by atoms with Crippen LogP contribution in [0.1, 0.15) is 6.92 Å². The van der Waals surface area contributed by atoms with Crippen molar-refractivity contribution in [2.45, 2.75) is 92.6 Å². The molecule has 13 N–H and O–H groups in total. The van der Waals surface area contributed by atoms with Crippen molar-refractivity contribution >= 4 is 6.29 Å². The van der Waals surface area contributed by atoms with E-state index in [1.807, 2.05) is 0 Å². The molecule has 0 spiro atoms. The van der Waals surface area contributed by atoms with Gasteiger partial charge in [-0.1, -0.05) is 0 Å². The molecule has 2 aliphatic heterocycles. The molecule has 0 aromatic rings. The lowest BCUT2D eigenvalue weighted by atomic mass is 9.95. The Morgan fingerprint density at radius 3 is 2.18 bits per heavy atom. The summed E-state index contributed by atoms with van der Waals surface area (Å²) in [5.74, 6) is 0. The molecule has 2 saturated heterocycles. The van der Waals surface area contributed by atoms with E-state index in [9.17, 15) is 35.4 Å². The summed E-state index contributed by atoms with van der Waals surface area (Å²) < 4.78 is 22.2. The molecule has 0 amide bonds. The van der Waals surface area contributed by atoms with Crippen molar-refractivity contribution in [3.05, 3.63) is 0 Å². The fourth-order valence-corrected chi connectivity index (χ4v) is 3.67. The van der Waals surface area contributed by atoms with E-state index in [0.717, 1.165) is 0 Å². The van der Waals surface area contributed by atoms with Crippen molar-refractivity contribution in [1.29, 1.82) is 0 Å². The summed E-state index contributed by atoms with van der Waals surface area (Å²) in [5.41, 5.74) is 17.7. The van der Waals surface area contributed by atoms with Gasteiger partial charge >= 0.3 is 0 Å². The smallest absolute Gasteiger partial charge is 0.176 e. The number of hydrogen-bond acceptors (Lipinski definition) is 15. The van der Waals surface area contributed by atoms with Gasteiger partial charge in [-0.05, 0) is 6.92 Å². The lowest BCUT2D eigenvalue weighted by Gasteiger charge is -2.47. The number of aliphatic hydroxyl groups is 7. The second-order valence-corrected chi connectivity index (χ2v) is 8.22. The average Bonchev–Trinajstić information content (AvgIpc) is 2.81. The Hall–Kier alpha value is -0.890. The molecule has 194 valence electrons. The summed E-state index contributed by atoms with van der Waals surface area (Å²) in [4.78, 5) is 11.2. The van der Waals surface area contributed by atoms with Crippen LogP contribution in [0.2, 0.25) is 0 Å². The molecule has 2 aliphatic rings. The molecule has 15 heteroatoms. The summed E-state index contributed by atoms with van der Waals surface area (Å²) in [6, 6.07) is -3.99. The first-order valence-corrected chi connectivity index (χ1v) is 10.4. The maximum atomic E-state index is 11.2. The minimum atomic E-state index is -1.79. The number of carbonyl (C=O) groups is 1. The minimum absolute atomic E-state index is 0.259. The van der Waals surface area contributed by atoms with Crippen molar-refractivity contribution in [3.63, 3.8) is 0 Å². The molecule has 2 fully saturated rings. The van der Waals surface area contributed by atoms with Gasteiger partial charge < -0.3 is 76.7 Å². The zero-order valence-electron chi connectivity index (χ0n) is 18.0. The highest BCUT2D eigenvalue weighted by Gasteiger charge is 2.50. The normalized spacial score (nSPS) is 43.5. The topological polar surface area (TPSA) is 274 Å². The van der Waals surface area contributed by atoms with Crippen molar-refractivity contribution in [2.75, 3.05) is 13.2 Å². The van der Waals surface area contributed by atoms with E-state index in [-0.39, 0.29) is 6.29 Å². The maximum absolute atomic E-state index is 11.2. The minimum Gasteiger partial charge on any atom is -0.394 e. The van der Waals surface area contributed by atoms with Crippen LogP contribution in [0.5, 0.6) is 0 Å². The second kappa shape index (κ2) is 12.2. The van der Waals surface area contributed by atoms with Crippen LogP contribution in [0.4, 0.5) is 0 Å².